The van der Waals surface area contributed by atoms with Crippen molar-refractivity contribution in [3.63, 3.8) is 0 Å². The van der Waals surface area contributed by atoms with Gasteiger partial charge >= 0.3 is 0 Å². The highest BCUT2D eigenvalue weighted by atomic mass is 15.2. The molecule has 0 unspecified atom stereocenters. The van der Waals surface area contributed by atoms with Crippen LogP contribution in [0.15, 0.2) is 60.0 Å². The lowest BCUT2D eigenvalue weighted by atomic mass is 10.1. The van der Waals surface area contributed by atoms with Crippen LogP contribution < -0.4 is 10.6 Å². The molecule has 1 fully saturated rings. The fourth-order valence-electron chi connectivity index (χ4n) is 4.11. The van der Waals surface area contributed by atoms with E-state index in [1.807, 2.05) is 30.0 Å². The third-order valence-electron chi connectivity index (χ3n) is 5.98. The summed E-state index contributed by atoms with van der Waals surface area (Å²) in [6.45, 7) is 9.70. The number of benzene rings is 1. The number of hydrogen-bond donors (Lipinski definition) is 2. The number of nitrogens with zero attached hydrogens (tertiary/aromatic N) is 5. The number of nitrogens with one attached hydrogen (secondary N) is 2. The minimum atomic E-state index is 0.570. The largest absolute Gasteiger partial charge is 0.357 e. The van der Waals surface area contributed by atoms with Gasteiger partial charge in [-0.3, -0.25) is 9.47 Å². The fraction of sp³-hybridized carbons (Fsp3) is 0.423. The van der Waals surface area contributed by atoms with Crippen LogP contribution in [0.4, 0.5) is 0 Å². The topological polar surface area (TPSA) is 70.4 Å². The first-order chi connectivity index (χ1) is 16.2. The number of imidazole rings is 1. The summed E-state index contributed by atoms with van der Waals surface area (Å²) in [7, 11) is 0. The van der Waals surface area contributed by atoms with Gasteiger partial charge in [-0.1, -0.05) is 36.8 Å². The Bertz CT molecular complexity index is 1020. The van der Waals surface area contributed by atoms with Gasteiger partial charge in [-0.2, -0.15) is 0 Å². The number of hydrogen-bond acceptors (Lipinski definition) is 4. The van der Waals surface area contributed by atoms with Gasteiger partial charge in [0.2, 0.25) is 0 Å². The molecule has 174 valence electrons. The van der Waals surface area contributed by atoms with Crippen molar-refractivity contribution in [3.8, 4) is 5.82 Å². The van der Waals surface area contributed by atoms with Crippen LogP contribution in [0.5, 0.6) is 0 Å². The lowest BCUT2D eigenvalue weighted by molar-refractivity contribution is 0.221. The monoisotopic (exact) mass is 445 g/mol. The highest BCUT2D eigenvalue weighted by Crippen LogP contribution is 2.14. The molecule has 0 spiro atoms. The third kappa shape index (κ3) is 6.65. The molecule has 0 bridgehead atoms. The molecule has 0 atom stereocenters. The van der Waals surface area contributed by atoms with E-state index < -0.39 is 0 Å². The first-order valence-corrected chi connectivity index (χ1v) is 12.0. The lowest BCUT2D eigenvalue weighted by Gasteiger charge is -2.26. The van der Waals surface area contributed by atoms with E-state index in [2.05, 4.69) is 62.8 Å². The molecule has 2 aromatic heterocycles. The lowest BCUT2D eigenvalue weighted by Crippen LogP contribution is -2.36. The van der Waals surface area contributed by atoms with E-state index in [0.29, 0.717) is 6.54 Å². The summed E-state index contributed by atoms with van der Waals surface area (Å²) >= 11 is 0. The normalized spacial score (nSPS) is 14.9. The summed E-state index contributed by atoms with van der Waals surface area (Å²) in [5, 5.41) is 6.77. The minimum Gasteiger partial charge on any atom is -0.357 e. The number of aryl methyl sites for hydroxylation is 1. The zero-order valence-electron chi connectivity index (χ0n) is 19.8. The van der Waals surface area contributed by atoms with Crippen LogP contribution >= 0.6 is 0 Å². The summed E-state index contributed by atoms with van der Waals surface area (Å²) in [6.07, 6.45) is 9.62. The molecule has 2 N–H and O–H groups in total. The number of guanidine groups is 1. The first-order valence-electron chi connectivity index (χ1n) is 12.0. The number of piperidine rings is 1. The summed E-state index contributed by atoms with van der Waals surface area (Å²) < 4.78 is 1.97. The van der Waals surface area contributed by atoms with Crippen molar-refractivity contribution in [1.29, 1.82) is 0 Å². The molecule has 1 aromatic carbocycles. The molecule has 3 aromatic rings. The average molecular weight is 446 g/mol. The van der Waals surface area contributed by atoms with Crippen molar-refractivity contribution >= 4 is 5.96 Å². The van der Waals surface area contributed by atoms with Crippen LogP contribution in [0.2, 0.25) is 0 Å². The van der Waals surface area contributed by atoms with E-state index in [9.17, 15) is 0 Å². The van der Waals surface area contributed by atoms with Crippen LogP contribution in [-0.4, -0.2) is 45.0 Å². The molecule has 0 radical (unpaired) electrons. The molecule has 1 aliphatic heterocycles. The zero-order valence-corrected chi connectivity index (χ0v) is 19.8. The molecule has 0 saturated carbocycles. The van der Waals surface area contributed by atoms with Crippen molar-refractivity contribution in [1.82, 2.24) is 30.1 Å². The predicted octanol–water partition coefficient (Wildman–Crippen LogP) is 3.82. The molecule has 1 aliphatic rings. The van der Waals surface area contributed by atoms with Crippen molar-refractivity contribution in [3.05, 3.63) is 77.5 Å². The molecule has 33 heavy (non-hydrogen) atoms. The zero-order chi connectivity index (χ0) is 22.9. The van der Waals surface area contributed by atoms with Crippen LogP contribution in [0, 0.1) is 6.92 Å². The second kappa shape index (κ2) is 11.6. The summed E-state index contributed by atoms with van der Waals surface area (Å²) in [5.74, 6) is 2.60. The molecule has 3 heterocycles. The van der Waals surface area contributed by atoms with Gasteiger partial charge in [-0.05, 0) is 62.5 Å². The van der Waals surface area contributed by atoms with E-state index in [-0.39, 0.29) is 0 Å². The Morgan fingerprint density at radius 1 is 0.939 bits per heavy atom. The smallest absolute Gasteiger partial charge is 0.191 e. The molecule has 0 aliphatic carbocycles. The van der Waals surface area contributed by atoms with Crippen molar-refractivity contribution in [2.24, 2.45) is 4.99 Å². The number of aromatic nitrogens is 3. The molecule has 7 heteroatoms. The van der Waals surface area contributed by atoms with Gasteiger partial charge in [0, 0.05) is 38.2 Å². The van der Waals surface area contributed by atoms with E-state index in [4.69, 9.17) is 4.99 Å². The van der Waals surface area contributed by atoms with Gasteiger partial charge in [-0.25, -0.2) is 15.0 Å². The first kappa shape index (κ1) is 23.0. The Balaban J connectivity index is 1.30. The predicted molar refractivity (Wildman–Crippen MR) is 133 cm³/mol. The molecule has 4 rings (SSSR count). The van der Waals surface area contributed by atoms with Crippen LogP contribution in [0.3, 0.4) is 0 Å². The second-order valence-corrected chi connectivity index (χ2v) is 8.57. The maximum atomic E-state index is 4.73. The fourth-order valence-corrected chi connectivity index (χ4v) is 4.11. The Kier molecular flexibility index (Phi) is 8.09. The standard InChI is InChI=1S/C26H35N7/c1-3-27-26(31-19-24-11-12-25(29-18-24)33-16-13-28-21(33)2)30-17-22-7-9-23(10-8-22)20-32-14-5-4-6-15-32/h7-13,16,18H,3-6,14-15,17,19-20H2,1-2H3,(H2,27,30,31). The summed E-state index contributed by atoms with van der Waals surface area (Å²) in [6, 6.07) is 13.0. The highest BCUT2D eigenvalue weighted by molar-refractivity contribution is 5.79. The minimum absolute atomic E-state index is 0.570. The molecular weight excluding hydrogens is 410 g/mol. The van der Waals surface area contributed by atoms with Gasteiger partial charge < -0.3 is 10.6 Å². The average Bonchev–Trinajstić information content (AvgIpc) is 3.28. The Hall–Kier alpha value is -3.19. The maximum absolute atomic E-state index is 4.73. The van der Waals surface area contributed by atoms with E-state index in [1.54, 1.807) is 6.20 Å². The van der Waals surface area contributed by atoms with Crippen molar-refractivity contribution in [2.75, 3.05) is 19.6 Å². The maximum Gasteiger partial charge on any atom is 0.191 e. The van der Waals surface area contributed by atoms with E-state index in [1.165, 1.54) is 43.5 Å². The summed E-state index contributed by atoms with van der Waals surface area (Å²) in [5.41, 5.74) is 3.71. The number of rotatable bonds is 8. The highest BCUT2D eigenvalue weighted by Gasteiger charge is 2.10. The number of likely N-dealkylation sites (tertiary alicyclic amines) is 1. The quantitative estimate of drug-likeness (QED) is 0.408. The Morgan fingerprint density at radius 3 is 2.36 bits per heavy atom. The van der Waals surface area contributed by atoms with Crippen molar-refractivity contribution in [2.45, 2.75) is 52.7 Å². The van der Waals surface area contributed by atoms with Gasteiger partial charge in [0.15, 0.2) is 5.96 Å². The second-order valence-electron chi connectivity index (χ2n) is 8.57. The number of aliphatic imine (C=N–C) groups is 1. The van der Waals surface area contributed by atoms with Gasteiger partial charge in [0.1, 0.15) is 11.6 Å². The molecule has 7 nitrogen and oxygen atoms in total. The van der Waals surface area contributed by atoms with E-state index in [0.717, 1.165) is 42.8 Å². The number of pyridine rings is 1. The SMILES string of the molecule is CCNC(=NCc1ccc(-n2ccnc2C)nc1)NCc1ccc(CN2CCCCC2)cc1. The van der Waals surface area contributed by atoms with E-state index >= 15 is 0 Å². The van der Waals surface area contributed by atoms with Crippen LogP contribution in [0.25, 0.3) is 5.82 Å². The van der Waals surface area contributed by atoms with Crippen LogP contribution in [-0.2, 0) is 19.6 Å². The Labute approximate surface area is 197 Å². The van der Waals surface area contributed by atoms with Crippen LogP contribution in [0.1, 0.15) is 48.7 Å². The van der Waals surface area contributed by atoms with Gasteiger partial charge in [-0.15, -0.1) is 0 Å². The Morgan fingerprint density at radius 2 is 1.70 bits per heavy atom. The van der Waals surface area contributed by atoms with Gasteiger partial charge in [0.05, 0.1) is 6.54 Å². The third-order valence-corrected chi connectivity index (χ3v) is 5.98. The van der Waals surface area contributed by atoms with Gasteiger partial charge in [0.25, 0.3) is 0 Å². The summed E-state index contributed by atoms with van der Waals surface area (Å²) in [4.78, 5) is 16.1. The molecule has 1 saturated heterocycles. The van der Waals surface area contributed by atoms with Crippen molar-refractivity contribution < 1.29 is 0 Å². The molecular formula is C26H35N7. The molecule has 0 amide bonds.